The van der Waals surface area contributed by atoms with Gasteiger partial charge in [0.05, 0.1) is 17.6 Å². The number of ether oxygens (including phenoxy) is 1. The van der Waals surface area contributed by atoms with Crippen LogP contribution in [0.25, 0.3) is 11.0 Å². The lowest BCUT2D eigenvalue weighted by Crippen LogP contribution is -2.43. The van der Waals surface area contributed by atoms with Gasteiger partial charge in [-0.1, -0.05) is 26.0 Å². The van der Waals surface area contributed by atoms with Gasteiger partial charge in [0.1, 0.15) is 0 Å². The molecule has 1 aromatic heterocycles. The predicted octanol–water partition coefficient (Wildman–Crippen LogP) is 3.23. The van der Waals surface area contributed by atoms with Gasteiger partial charge >= 0.3 is 6.09 Å². The number of nitrogens with zero attached hydrogens (tertiary/aromatic N) is 2. The van der Waals surface area contributed by atoms with Gasteiger partial charge in [0.25, 0.3) is 0 Å². The topological polar surface area (TPSA) is 70.2 Å². The first-order valence-electron chi connectivity index (χ1n) is 8.25. The van der Waals surface area contributed by atoms with Crippen molar-refractivity contribution in [2.24, 2.45) is 5.92 Å². The van der Waals surface area contributed by atoms with Crippen LogP contribution in [0.1, 0.15) is 26.7 Å². The molecule has 0 saturated carbocycles. The Bertz CT molecular complexity index is 626. The molecule has 1 amide bonds. The van der Waals surface area contributed by atoms with Crippen molar-refractivity contribution in [1.29, 1.82) is 0 Å². The van der Waals surface area contributed by atoms with Crippen molar-refractivity contribution in [3.63, 3.8) is 0 Å². The number of hydrogen-bond donors (Lipinski definition) is 2. The summed E-state index contributed by atoms with van der Waals surface area (Å²) in [6.07, 6.45) is 1.60. The Morgan fingerprint density at radius 2 is 2.13 bits per heavy atom. The molecule has 0 atom stereocenters. The molecule has 1 aromatic carbocycles. The number of para-hydroxylation sites is 2. The zero-order valence-electron chi connectivity index (χ0n) is 13.7. The van der Waals surface area contributed by atoms with Gasteiger partial charge in [-0.2, -0.15) is 0 Å². The van der Waals surface area contributed by atoms with Crippen LogP contribution in [0.5, 0.6) is 0 Å². The fraction of sp³-hybridized carbons (Fsp3) is 0.529. The number of nitrogens with one attached hydrogen (secondary N) is 2. The number of carbonyl (C=O) groups is 1. The Hall–Kier alpha value is -2.24. The standard InChI is InChI=1S/C17H24N4O2/c1-12(2)11-23-17(22)21-9-7-13(8-10-21)18-16-19-14-5-3-4-6-15(14)20-16/h3-6,12-13H,7-11H2,1-2H3,(H2,18,19,20). The van der Waals surface area contributed by atoms with E-state index in [-0.39, 0.29) is 6.09 Å². The number of piperidine rings is 1. The van der Waals surface area contributed by atoms with E-state index in [1.54, 1.807) is 4.90 Å². The van der Waals surface area contributed by atoms with E-state index in [1.165, 1.54) is 0 Å². The van der Waals surface area contributed by atoms with Gasteiger partial charge in [-0.15, -0.1) is 0 Å². The molecule has 1 aliphatic rings. The number of fused-ring (bicyclic) bond motifs is 1. The molecule has 0 bridgehead atoms. The summed E-state index contributed by atoms with van der Waals surface area (Å²) in [7, 11) is 0. The number of benzene rings is 1. The summed E-state index contributed by atoms with van der Waals surface area (Å²) in [5, 5.41) is 3.43. The molecule has 6 nitrogen and oxygen atoms in total. The molecule has 23 heavy (non-hydrogen) atoms. The first kappa shape index (κ1) is 15.6. The maximum atomic E-state index is 11.9. The third-order valence-electron chi connectivity index (χ3n) is 4.02. The molecule has 0 unspecified atom stereocenters. The summed E-state index contributed by atoms with van der Waals surface area (Å²) in [6.45, 7) is 5.99. The van der Waals surface area contributed by atoms with E-state index in [1.807, 2.05) is 38.1 Å². The number of hydrogen-bond acceptors (Lipinski definition) is 4. The van der Waals surface area contributed by atoms with Crippen molar-refractivity contribution in [3.8, 4) is 0 Å². The molecule has 2 heterocycles. The molecule has 1 aliphatic heterocycles. The highest BCUT2D eigenvalue weighted by Crippen LogP contribution is 2.18. The zero-order valence-corrected chi connectivity index (χ0v) is 13.7. The van der Waals surface area contributed by atoms with Gasteiger partial charge in [-0.25, -0.2) is 9.78 Å². The molecule has 0 spiro atoms. The molecule has 2 N–H and O–H groups in total. The molecule has 0 aliphatic carbocycles. The molecule has 1 saturated heterocycles. The SMILES string of the molecule is CC(C)COC(=O)N1CCC(Nc2nc3ccccc3[nH]2)CC1. The van der Waals surface area contributed by atoms with Crippen LogP contribution in [0, 0.1) is 5.92 Å². The number of amides is 1. The maximum absolute atomic E-state index is 11.9. The molecule has 1 fully saturated rings. The number of imidazole rings is 1. The summed E-state index contributed by atoms with van der Waals surface area (Å²) >= 11 is 0. The highest BCUT2D eigenvalue weighted by Gasteiger charge is 2.24. The fourth-order valence-electron chi connectivity index (χ4n) is 2.75. The van der Waals surface area contributed by atoms with Crippen molar-refractivity contribution in [1.82, 2.24) is 14.9 Å². The quantitative estimate of drug-likeness (QED) is 0.908. The minimum atomic E-state index is -0.194. The van der Waals surface area contributed by atoms with Gasteiger partial charge in [0.2, 0.25) is 5.95 Å². The average Bonchev–Trinajstić information content (AvgIpc) is 2.95. The second kappa shape index (κ2) is 6.89. The summed E-state index contributed by atoms with van der Waals surface area (Å²) < 4.78 is 5.28. The van der Waals surface area contributed by atoms with Crippen LogP contribution in [0.2, 0.25) is 0 Å². The van der Waals surface area contributed by atoms with Crippen LogP contribution in [0.15, 0.2) is 24.3 Å². The number of aromatic nitrogens is 2. The van der Waals surface area contributed by atoms with E-state index in [9.17, 15) is 4.79 Å². The van der Waals surface area contributed by atoms with Crippen LogP contribution in [-0.2, 0) is 4.74 Å². The number of anilines is 1. The lowest BCUT2D eigenvalue weighted by Gasteiger charge is -2.31. The van der Waals surface area contributed by atoms with Gasteiger partial charge in [-0.05, 0) is 30.9 Å². The van der Waals surface area contributed by atoms with E-state index in [0.29, 0.717) is 18.6 Å². The molecule has 124 valence electrons. The van der Waals surface area contributed by atoms with E-state index in [0.717, 1.165) is 42.9 Å². The third-order valence-corrected chi connectivity index (χ3v) is 4.02. The van der Waals surface area contributed by atoms with Crippen molar-refractivity contribution >= 4 is 23.1 Å². The summed E-state index contributed by atoms with van der Waals surface area (Å²) in [5.41, 5.74) is 1.99. The number of H-pyrrole nitrogens is 1. The summed E-state index contributed by atoms with van der Waals surface area (Å²) in [6, 6.07) is 8.30. The Balaban J connectivity index is 1.50. The predicted molar refractivity (Wildman–Crippen MR) is 90.5 cm³/mol. The number of aromatic amines is 1. The number of likely N-dealkylation sites (tertiary alicyclic amines) is 1. The van der Waals surface area contributed by atoms with Crippen LogP contribution in [0.3, 0.4) is 0 Å². The second-order valence-electron chi connectivity index (χ2n) is 6.48. The highest BCUT2D eigenvalue weighted by molar-refractivity contribution is 5.77. The molecule has 0 radical (unpaired) electrons. The molecular weight excluding hydrogens is 292 g/mol. The van der Waals surface area contributed by atoms with Gasteiger partial charge in [-0.3, -0.25) is 0 Å². The Labute approximate surface area is 136 Å². The monoisotopic (exact) mass is 316 g/mol. The summed E-state index contributed by atoms with van der Waals surface area (Å²) in [5.74, 6) is 1.17. The van der Waals surface area contributed by atoms with Crippen molar-refractivity contribution in [3.05, 3.63) is 24.3 Å². The van der Waals surface area contributed by atoms with Gasteiger partial charge in [0, 0.05) is 19.1 Å². The number of carbonyl (C=O) groups excluding carboxylic acids is 1. The zero-order chi connectivity index (χ0) is 16.2. The Kier molecular flexibility index (Phi) is 4.69. The molecule has 3 rings (SSSR count). The third kappa shape index (κ3) is 3.94. The lowest BCUT2D eigenvalue weighted by atomic mass is 10.1. The van der Waals surface area contributed by atoms with Gasteiger partial charge < -0.3 is 19.9 Å². The minimum absolute atomic E-state index is 0.194. The Morgan fingerprint density at radius 3 is 2.83 bits per heavy atom. The van der Waals surface area contributed by atoms with E-state index in [4.69, 9.17) is 4.74 Å². The normalized spacial score (nSPS) is 16.0. The fourth-order valence-corrected chi connectivity index (χ4v) is 2.75. The van der Waals surface area contributed by atoms with Crippen LogP contribution >= 0.6 is 0 Å². The minimum Gasteiger partial charge on any atom is -0.449 e. The summed E-state index contributed by atoms with van der Waals surface area (Å²) in [4.78, 5) is 21.6. The molecule has 6 heteroatoms. The maximum Gasteiger partial charge on any atom is 0.409 e. The first-order chi connectivity index (χ1) is 11.1. The van der Waals surface area contributed by atoms with Crippen LogP contribution < -0.4 is 5.32 Å². The first-order valence-corrected chi connectivity index (χ1v) is 8.25. The molecule has 2 aromatic rings. The van der Waals surface area contributed by atoms with Crippen molar-refractivity contribution in [2.75, 3.05) is 25.0 Å². The average molecular weight is 316 g/mol. The highest BCUT2D eigenvalue weighted by atomic mass is 16.6. The van der Waals surface area contributed by atoms with E-state index in [2.05, 4.69) is 15.3 Å². The lowest BCUT2D eigenvalue weighted by molar-refractivity contribution is 0.0845. The Morgan fingerprint density at radius 1 is 1.39 bits per heavy atom. The van der Waals surface area contributed by atoms with Crippen molar-refractivity contribution < 1.29 is 9.53 Å². The van der Waals surface area contributed by atoms with Crippen molar-refractivity contribution in [2.45, 2.75) is 32.7 Å². The van der Waals surface area contributed by atoms with Gasteiger partial charge in [0.15, 0.2) is 0 Å². The molecular formula is C17H24N4O2. The second-order valence-corrected chi connectivity index (χ2v) is 6.48. The largest absolute Gasteiger partial charge is 0.449 e. The smallest absolute Gasteiger partial charge is 0.409 e. The van der Waals surface area contributed by atoms with Crippen LogP contribution in [-0.4, -0.2) is 46.7 Å². The van der Waals surface area contributed by atoms with Crippen LogP contribution in [0.4, 0.5) is 10.7 Å². The number of rotatable bonds is 4. The van der Waals surface area contributed by atoms with E-state index < -0.39 is 0 Å². The van der Waals surface area contributed by atoms with E-state index >= 15 is 0 Å².